The van der Waals surface area contributed by atoms with Crippen LogP contribution in [0, 0.1) is 0 Å². The molecular weight excluding hydrogens is 570 g/mol. The second kappa shape index (κ2) is 18.3. The van der Waals surface area contributed by atoms with Crippen molar-refractivity contribution < 1.29 is 28.6 Å². The summed E-state index contributed by atoms with van der Waals surface area (Å²) >= 11 is 12.4. The Hall–Kier alpha value is -2.13. The summed E-state index contributed by atoms with van der Waals surface area (Å²) in [5, 5.41) is -0.508. The Labute approximate surface area is 243 Å². The number of carbonyl (C=O) groups is 3. The van der Waals surface area contributed by atoms with Gasteiger partial charge >= 0.3 is 35.0 Å². The molecule has 0 amide bonds. The third kappa shape index (κ3) is 13.7. The number of hydrogen-bond acceptors (Lipinski definition) is 12. The number of nitrogens with zero attached hydrogens (tertiary/aromatic N) is 3. The Kier molecular flexibility index (Phi) is 16.3. The second-order valence-corrected chi connectivity index (χ2v) is 11.8. The van der Waals surface area contributed by atoms with Crippen LogP contribution in [0.3, 0.4) is 0 Å². The summed E-state index contributed by atoms with van der Waals surface area (Å²) in [6, 6.07) is 0. The lowest BCUT2D eigenvalue weighted by atomic mass is 10.3. The van der Waals surface area contributed by atoms with Gasteiger partial charge in [-0.1, -0.05) is 20.8 Å². The maximum atomic E-state index is 13.0. The zero-order valence-corrected chi connectivity index (χ0v) is 25.3. The van der Waals surface area contributed by atoms with Crippen LogP contribution < -0.4 is 17.1 Å². The third-order valence-electron chi connectivity index (χ3n) is 5.14. The first-order valence-electron chi connectivity index (χ1n) is 12.8. The largest absolute Gasteiger partial charge is 0.466 e. The highest BCUT2D eigenvalue weighted by atomic mass is 32.1. The second-order valence-electron chi connectivity index (χ2n) is 9.18. The van der Waals surface area contributed by atoms with E-state index in [-0.39, 0.29) is 93.7 Å². The predicted octanol–water partition coefficient (Wildman–Crippen LogP) is 1.10. The molecule has 1 aromatic heterocycles. The van der Waals surface area contributed by atoms with Gasteiger partial charge in [0.2, 0.25) is 0 Å². The predicted molar refractivity (Wildman–Crippen MR) is 155 cm³/mol. The summed E-state index contributed by atoms with van der Waals surface area (Å²) in [6.07, 6.45) is 0.860. The van der Waals surface area contributed by atoms with Gasteiger partial charge < -0.3 is 14.2 Å². The van der Waals surface area contributed by atoms with Crippen LogP contribution in [0.5, 0.6) is 0 Å². The van der Waals surface area contributed by atoms with Crippen LogP contribution in [0.1, 0.15) is 59.3 Å². The topological polar surface area (TPSA) is 145 Å². The van der Waals surface area contributed by atoms with Crippen molar-refractivity contribution in [2.24, 2.45) is 0 Å². The van der Waals surface area contributed by atoms with Crippen molar-refractivity contribution in [3.8, 4) is 0 Å². The fourth-order valence-corrected chi connectivity index (χ4v) is 3.83. The number of aromatic nitrogens is 3. The van der Waals surface area contributed by atoms with Crippen LogP contribution in [0.4, 0.5) is 0 Å². The fraction of sp³-hybridized carbons (Fsp3) is 0.750. The van der Waals surface area contributed by atoms with E-state index in [0.29, 0.717) is 0 Å². The molecule has 0 bridgehead atoms. The monoisotopic (exact) mass is 609 g/mol. The molecule has 12 nitrogen and oxygen atoms in total. The van der Waals surface area contributed by atoms with Gasteiger partial charge in [-0.2, -0.15) is 37.9 Å². The van der Waals surface area contributed by atoms with Crippen molar-refractivity contribution in [3.63, 3.8) is 0 Å². The van der Waals surface area contributed by atoms with Gasteiger partial charge in [-0.25, -0.2) is 28.1 Å². The molecule has 3 unspecified atom stereocenters. The highest BCUT2D eigenvalue weighted by Gasteiger charge is 2.17. The van der Waals surface area contributed by atoms with Crippen molar-refractivity contribution >= 4 is 55.8 Å². The molecule has 0 aliphatic rings. The van der Waals surface area contributed by atoms with Crippen LogP contribution in [0.15, 0.2) is 14.4 Å². The molecular formula is C24H39N3O9S3. The Morgan fingerprint density at radius 1 is 0.564 bits per heavy atom. The first-order valence-corrected chi connectivity index (χ1v) is 14.3. The summed E-state index contributed by atoms with van der Waals surface area (Å²) < 4.78 is 18.0. The van der Waals surface area contributed by atoms with Crippen molar-refractivity contribution in [2.45, 2.75) is 94.7 Å². The summed E-state index contributed by atoms with van der Waals surface area (Å²) in [6.45, 7) is 4.90. The summed E-state index contributed by atoms with van der Waals surface area (Å²) in [7, 11) is 0. The molecule has 1 aromatic rings. The number of esters is 3. The zero-order valence-electron chi connectivity index (χ0n) is 22.6. The standard InChI is InChI=1S/C24H39N3O9S3/c1-16(37)13-19(28)34-10-4-7-25-22(31)26(8-5-11-35-20(29)14-17(2)38)24(33)27(23(25)32)9-6-12-36-21(30)15-18(3)39/h16-18,37-39H,4-15H2,1-3H3. The number of rotatable bonds is 18. The molecule has 0 spiro atoms. The number of ether oxygens (including phenoxy) is 3. The van der Waals surface area contributed by atoms with Gasteiger partial charge in [-0.3, -0.25) is 14.4 Å². The van der Waals surface area contributed by atoms with Crippen LogP contribution in [-0.4, -0.2) is 67.2 Å². The molecule has 0 aliphatic heterocycles. The van der Waals surface area contributed by atoms with Crippen molar-refractivity contribution in [1.82, 2.24) is 13.7 Å². The van der Waals surface area contributed by atoms with Gasteiger partial charge in [0.05, 0.1) is 39.1 Å². The SMILES string of the molecule is CC(S)CC(=O)OCCCn1c(=O)n(CCCOC(=O)CC(C)S)c(=O)n(CCCOC(=O)CC(C)S)c1=O. The molecule has 0 saturated carbocycles. The highest BCUT2D eigenvalue weighted by Crippen LogP contribution is 2.03. The van der Waals surface area contributed by atoms with E-state index < -0.39 is 35.0 Å². The molecule has 0 N–H and O–H groups in total. The van der Waals surface area contributed by atoms with E-state index >= 15 is 0 Å². The van der Waals surface area contributed by atoms with Gasteiger partial charge in [0.15, 0.2) is 0 Å². The smallest absolute Gasteiger partial charge is 0.336 e. The van der Waals surface area contributed by atoms with Gasteiger partial charge in [-0.05, 0) is 19.3 Å². The Morgan fingerprint density at radius 2 is 0.795 bits per heavy atom. The molecule has 1 heterocycles. The average molecular weight is 610 g/mol. The Balaban J connectivity index is 3.00. The lowest BCUT2D eigenvalue weighted by molar-refractivity contribution is -0.144. The van der Waals surface area contributed by atoms with E-state index in [9.17, 15) is 28.8 Å². The molecule has 3 atom stereocenters. The van der Waals surface area contributed by atoms with Gasteiger partial charge in [0.1, 0.15) is 0 Å². The maximum Gasteiger partial charge on any atom is 0.336 e. The van der Waals surface area contributed by atoms with Gasteiger partial charge in [0.25, 0.3) is 0 Å². The number of hydrogen-bond donors (Lipinski definition) is 3. The van der Waals surface area contributed by atoms with E-state index in [1.54, 1.807) is 20.8 Å². The van der Waals surface area contributed by atoms with E-state index in [1.807, 2.05) is 0 Å². The van der Waals surface area contributed by atoms with E-state index in [1.165, 1.54) is 0 Å². The Bertz CT molecular complexity index is 958. The minimum atomic E-state index is -0.818. The molecule has 39 heavy (non-hydrogen) atoms. The lowest BCUT2D eigenvalue weighted by Crippen LogP contribution is -2.54. The first kappa shape index (κ1) is 34.9. The summed E-state index contributed by atoms with van der Waals surface area (Å²) in [4.78, 5) is 74.3. The van der Waals surface area contributed by atoms with Crippen LogP contribution in [-0.2, 0) is 48.2 Å². The minimum Gasteiger partial charge on any atom is -0.466 e. The molecule has 15 heteroatoms. The first-order chi connectivity index (χ1) is 18.3. The molecule has 1 rings (SSSR count). The molecule has 0 aromatic carbocycles. The van der Waals surface area contributed by atoms with Crippen molar-refractivity contribution in [1.29, 1.82) is 0 Å². The number of thiol groups is 3. The summed E-state index contributed by atoms with van der Waals surface area (Å²) in [5.41, 5.74) is -2.46. The molecule has 222 valence electrons. The van der Waals surface area contributed by atoms with E-state index in [4.69, 9.17) is 14.2 Å². The molecule has 0 saturated heterocycles. The van der Waals surface area contributed by atoms with E-state index in [2.05, 4.69) is 37.9 Å². The van der Waals surface area contributed by atoms with Crippen LogP contribution >= 0.6 is 37.9 Å². The third-order valence-corrected chi connectivity index (χ3v) is 5.69. The quantitative estimate of drug-likeness (QED) is 0.0964. The zero-order chi connectivity index (χ0) is 29.5. The minimum absolute atomic E-state index is 0.0244. The van der Waals surface area contributed by atoms with E-state index in [0.717, 1.165) is 13.7 Å². The van der Waals surface area contributed by atoms with Crippen LogP contribution in [0.25, 0.3) is 0 Å². The van der Waals surface area contributed by atoms with Gasteiger partial charge in [0, 0.05) is 35.4 Å². The maximum absolute atomic E-state index is 13.0. The van der Waals surface area contributed by atoms with Gasteiger partial charge in [-0.15, -0.1) is 0 Å². The highest BCUT2D eigenvalue weighted by molar-refractivity contribution is 7.81. The number of carbonyl (C=O) groups excluding carboxylic acids is 3. The normalized spacial score (nSPS) is 13.4. The molecule has 0 radical (unpaired) electrons. The average Bonchev–Trinajstić information content (AvgIpc) is 2.81. The van der Waals surface area contributed by atoms with Crippen LogP contribution in [0.2, 0.25) is 0 Å². The summed E-state index contributed by atoms with van der Waals surface area (Å²) in [5.74, 6) is -1.34. The van der Waals surface area contributed by atoms with Crippen molar-refractivity contribution in [3.05, 3.63) is 31.5 Å². The lowest BCUT2D eigenvalue weighted by Gasteiger charge is -2.14. The fourth-order valence-electron chi connectivity index (χ4n) is 3.38. The Morgan fingerprint density at radius 3 is 1.00 bits per heavy atom. The molecule has 0 aliphatic carbocycles. The molecule has 0 fully saturated rings. The van der Waals surface area contributed by atoms with Crippen molar-refractivity contribution in [2.75, 3.05) is 19.8 Å².